The number of hydrogen-bond donors (Lipinski definition) is 1. The van der Waals surface area contributed by atoms with E-state index in [-0.39, 0.29) is 5.92 Å². The number of ether oxygens (including phenoxy) is 1. The number of unbranched alkanes of at least 4 members (excludes halogenated alkanes) is 1. The highest BCUT2D eigenvalue weighted by atomic mass is 16.6. The zero-order valence-corrected chi connectivity index (χ0v) is 8.75. The minimum atomic E-state index is -0.922. The Hall–Kier alpha value is -0.570. The molecule has 0 aliphatic rings. The van der Waals surface area contributed by atoms with E-state index in [4.69, 9.17) is 4.74 Å². The molecule has 2 atom stereocenters. The highest BCUT2D eigenvalue weighted by Crippen LogP contribution is 2.17. The molecule has 1 N–H and O–H groups in total. The molecule has 3 nitrogen and oxygen atoms in total. The molecule has 0 aromatic rings. The van der Waals surface area contributed by atoms with E-state index in [0.717, 1.165) is 25.7 Å². The van der Waals surface area contributed by atoms with Gasteiger partial charge in [-0.25, -0.2) is 0 Å². The Balaban J connectivity index is 3.83. The van der Waals surface area contributed by atoms with Crippen molar-refractivity contribution in [3.63, 3.8) is 0 Å². The van der Waals surface area contributed by atoms with Gasteiger partial charge in [-0.3, -0.25) is 4.79 Å². The SMILES string of the molecule is CCCCC(CC)C(O)OC(C)=O. The van der Waals surface area contributed by atoms with Crippen molar-refractivity contribution >= 4 is 5.97 Å². The molecule has 0 saturated carbocycles. The molecule has 2 unspecified atom stereocenters. The summed E-state index contributed by atoms with van der Waals surface area (Å²) in [6, 6.07) is 0. The van der Waals surface area contributed by atoms with E-state index in [9.17, 15) is 9.90 Å². The summed E-state index contributed by atoms with van der Waals surface area (Å²) in [6.07, 6.45) is 3.00. The Morgan fingerprint density at radius 3 is 2.46 bits per heavy atom. The van der Waals surface area contributed by atoms with Gasteiger partial charge in [0.1, 0.15) is 0 Å². The van der Waals surface area contributed by atoms with Gasteiger partial charge in [0, 0.05) is 12.8 Å². The molecule has 0 aliphatic carbocycles. The number of rotatable bonds is 6. The van der Waals surface area contributed by atoms with Crippen LogP contribution in [-0.2, 0) is 9.53 Å². The van der Waals surface area contributed by atoms with Crippen LogP contribution >= 0.6 is 0 Å². The fourth-order valence-corrected chi connectivity index (χ4v) is 1.28. The molecule has 0 amide bonds. The maximum atomic E-state index is 10.6. The summed E-state index contributed by atoms with van der Waals surface area (Å²) < 4.78 is 4.72. The van der Waals surface area contributed by atoms with Gasteiger partial charge < -0.3 is 9.84 Å². The van der Waals surface area contributed by atoms with Crippen LogP contribution in [0.4, 0.5) is 0 Å². The monoisotopic (exact) mass is 188 g/mol. The van der Waals surface area contributed by atoms with Gasteiger partial charge in [0.2, 0.25) is 6.29 Å². The highest BCUT2D eigenvalue weighted by Gasteiger charge is 2.18. The zero-order valence-electron chi connectivity index (χ0n) is 8.75. The zero-order chi connectivity index (χ0) is 10.3. The molecule has 0 aromatic carbocycles. The first-order valence-electron chi connectivity index (χ1n) is 4.97. The minimum Gasteiger partial charge on any atom is -0.436 e. The van der Waals surface area contributed by atoms with Crippen LogP contribution in [0.1, 0.15) is 46.5 Å². The van der Waals surface area contributed by atoms with Crippen LogP contribution in [0.15, 0.2) is 0 Å². The van der Waals surface area contributed by atoms with E-state index in [0.29, 0.717) is 0 Å². The molecule has 0 rings (SSSR count). The summed E-state index contributed by atoms with van der Waals surface area (Å²) in [4.78, 5) is 10.6. The molecule has 3 heteroatoms. The van der Waals surface area contributed by atoms with Crippen LogP contribution in [0.2, 0.25) is 0 Å². The summed E-state index contributed by atoms with van der Waals surface area (Å²) in [5.41, 5.74) is 0. The Kier molecular flexibility index (Phi) is 6.59. The van der Waals surface area contributed by atoms with Crippen LogP contribution in [-0.4, -0.2) is 17.4 Å². The lowest BCUT2D eigenvalue weighted by Gasteiger charge is -2.20. The third kappa shape index (κ3) is 5.64. The van der Waals surface area contributed by atoms with Crippen LogP contribution in [0.25, 0.3) is 0 Å². The van der Waals surface area contributed by atoms with E-state index in [1.807, 2.05) is 6.92 Å². The fourth-order valence-electron chi connectivity index (χ4n) is 1.28. The lowest BCUT2D eigenvalue weighted by molar-refractivity contribution is -0.175. The molecule has 0 fully saturated rings. The third-order valence-electron chi connectivity index (χ3n) is 2.14. The molecule has 0 aromatic heterocycles. The smallest absolute Gasteiger partial charge is 0.304 e. The number of aliphatic hydroxyl groups is 1. The van der Waals surface area contributed by atoms with Crippen LogP contribution in [0.3, 0.4) is 0 Å². The van der Waals surface area contributed by atoms with Crippen molar-refractivity contribution in [2.24, 2.45) is 5.92 Å². The number of hydrogen-bond acceptors (Lipinski definition) is 3. The van der Waals surface area contributed by atoms with E-state index >= 15 is 0 Å². The second-order valence-electron chi connectivity index (χ2n) is 3.31. The van der Waals surface area contributed by atoms with Crippen molar-refractivity contribution in [1.82, 2.24) is 0 Å². The van der Waals surface area contributed by atoms with Gasteiger partial charge in [0.15, 0.2) is 0 Å². The van der Waals surface area contributed by atoms with Crippen molar-refractivity contribution < 1.29 is 14.6 Å². The lowest BCUT2D eigenvalue weighted by atomic mass is 9.99. The highest BCUT2D eigenvalue weighted by molar-refractivity contribution is 5.66. The topological polar surface area (TPSA) is 46.5 Å². The Labute approximate surface area is 80.1 Å². The van der Waals surface area contributed by atoms with Gasteiger partial charge in [-0.15, -0.1) is 0 Å². The first kappa shape index (κ1) is 12.4. The predicted octanol–water partition coefficient (Wildman–Crippen LogP) is 2.08. The van der Waals surface area contributed by atoms with Crippen LogP contribution < -0.4 is 0 Å². The molecule has 0 heterocycles. The summed E-state index contributed by atoms with van der Waals surface area (Å²) in [7, 11) is 0. The molecule has 0 aliphatic heterocycles. The number of carbonyl (C=O) groups is 1. The van der Waals surface area contributed by atoms with E-state index in [2.05, 4.69) is 6.92 Å². The predicted molar refractivity (Wildman–Crippen MR) is 51.1 cm³/mol. The molecule has 78 valence electrons. The summed E-state index contributed by atoms with van der Waals surface area (Å²) in [5.74, 6) is -0.328. The quantitative estimate of drug-likeness (QED) is 0.513. The maximum absolute atomic E-state index is 10.6. The largest absolute Gasteiger partial charge is 0.436 e. The normalized spacial score (nSPS) is 15.1. The number of esters is 1. The van der Waals surface area contributed by atoms with Crippen LogP contribution in [0.5, 0.6) is 0 Å². The third-order valence-corrected chi connectivity index (χ3v) is 2.14. The number of carbonyl (C=O) groups excluding carboxylic acids is 1. The molecule has 0 bridgehead atoms. The van der Waals surface area contributed by atoms with Gasteiger partial charge in [0.25, 0.3) is 0 Å². The summed E-state index contributed by atoms with van der Waals surface area (Å²) in [6.45, 7) is 5.41. The van der Waals surface area contributed by atoms with Crippen molar-refractivity contribution in [3.8, 4) is 0 Å². The average Bonchev–Trinajstić information content (AvgIpc) is 2.04. The van der Waals surface area contributed by atoms with Crippen LogP contribution in [0, 0.1) is 5.92 Å². The Morgan fingerprint density at radius 1 is 1.46 bits per heavy atom. The van der Waals surface area contributed by atoms with Crippen molar-refractivity contribution in [2.75, 3.05) is 0 Å². The van der Waals surface area contributed by atoms with E-state index in [1.165, 1.54) is 6.92 Å². The molecule has 0 spiro atoms. The van der Waals surface area contributed by atoms with Gasteiger partial charge in [-0.1, -0.05) is 26.7 Å². The van der Waals surface area contributed by atoms with Gasteiger partial charge >= 0.3 is 5.97 Å². The molecule has 0 saturated heterocycles. The Bertz CT molecular complexity index is 145. The molecular weight excluding hydrogens is 168 g/mol. The van der Waals surface area contributed by atoms with Gasteiger partial charge in [0.05, 0.1) is 0 Å². The lowest BCUT2D eigenvalue weighted by Crippen LogP contribution is -2.25. The van der Waals surface area contributed by atoms with E-state index < -0.39 is 12.3 Å². The fraction of sp³-hybridized carbons (Fsp3) is 0.900. The molecule has 13 heavy (non-hydrogen) atoms. The molecule has 0 radical (unpaired) electrons. The minimum absolute atomic E-state index is 0.0869. The maximum Gasteiger partial charge on any atom is 0.304 e. The van der Waals surface area contributed by atoms with Gasteiger partial charge in [-0.05, 0) is 12.8 Å². The standard InChI is InChI=1S/C10H20O3/c1-4-6-7-9(5-2)10(12)13-8(3)11/h9-10,12H,4-7H2,1-3H3. The van der Waals surface area contributed by atoms with Gasteiger partial charge in [-0.2, -0.15) is 0 Å². The first-order chi connectivity index (χ1) is 6.11. The van der Waals surface area contributed by atoms with Crippen molar-refractivity contribution in [3.05, 3.63) is 0 Å². The summed E-state index contributed by atoms with van der Waals surface area (Å²) in [5, 5.41) is 9.46. The van der Waals surface area contributed by atoms with Crippen molar-refractivity contribution in [1.29, 1.82) is 0 Å². The van der Waals surface area contributed by atoms with E-state index in [1.54, 1.807) is 0 Å². The Morgan fingerprint density at radius 2 is 2.08 bits per heavy atom. The second-order valence-corrected chi connectivity index (χ2v) is 3.31. The number of aliphatic hydroxyl groups excluding tert-OH is 1. The van der Waals surface area contributed by atoms with Crippen molar-refractivity contribution in [2.45, 2.75) is 52.7 Å². The average molecular weight is 188 g/mol. The first-order valence-corrected chi connectivity index (χ1v) is 4.97. The summed E-state index contributed by atoms with van der Waals surface area (Å²) >= 11 is 0. The molecular formula is C10H20O3. The second kappa shape index (κ2) is 6.89.